The minimum Gasteiger partial charge on any atom is -0.330 e. The fourth-order valence-electron chi connectivity index (χ4n) is 1.62. The van der Waals surface area contributed by atoms with Gasteiger partial charge in [0.15, 0.2) is 0 Å². The second kappa shape index (κ2) is 14.2. The molecule has 0 aliphatic heterocycles. The first-order valence-electron chi connectivity index (χ1n) is 6.75. The summed E-state index contributed by atoms with van der Waals surface area (Å²) >= 11 is 0. The molecule has 0 heterocycles. The minimum atomic E-state index is 0.250. The molecule has 0 fully saturated rings. The Kier molecular flexibility index (Phi) is 12.6. The van der Waals surface area contributed by atoms with Crippen LogP contribution in [0.5, 0.6) is 0 Å². The molecule has 0 saturated carbocycles. The van der Waals surface area contributed by atoms with Gasteiger partial charge >= 0.3 is 6.15 Å². The molecule has 4 N–H and O–H groups in total. The number of benzene rings is 2. The standard InChI is InChI=1S/2C8H11N.CO2/c2*9-7-6-8-4-2-1-3-5-8;2-1-3/h2*1-5H,6-7,9H2;. The van der Waals surface area contributed by atoms with Crippen molar-refractivity contribution in [1.29, 1.82) is 0 Å². The molecule has 0 aliphatic rings. The summed E-state index contributed by atoms with van der Waals surface area (Å²) in [4.78, 5) is 16.2. The van der Waals surface area contributed by atoms with E-state index in [2.05, 4.69) is 24.3 Å². The quantitative estimate of drug-likeness (QED) is 0.897. The first-order valence-corrected chi connectivity index (χ1v) is 6.75. The summed E-state index contributed by atoms with van der Waals surface area (Å²) in [6, 6.07) is 20.5. The highest BCUT2D eigenvalue weighted by Gasteiger charge is 1.85. The Hall–Kier alpha value is -2.26. The molecule has 0 saturated heterocycles. The van der Waals surface area contributed by atoms with E-state index in [1.54, 1.807) is 0 Å². The number of rotatable bonds is 4. The number of hydrogen-bond acceptors (Lipinski definition) is 4. The second-order valence-electron chi connectivity index (χ2n) is 4.13. The Balaban J connectivity index is 0.000000322. The molecule has 0 radical (unpaired) electrons. The van der Waals surface area contributed by atoms with Crippen molar-refractivity contribution in [1.82, 2.24) is 0 Å². The number of carbonyl (C=O) groups excluding carboxylic acids is 2. The number of hydrogen-bond donors (Lipinski definition) is 2. The van der Waals surface area contributed by atoms with Crippen LogP contribution in [-0.2, 0) is 22.4 Å². The van der Waals surface area contributed by atoms with Crippen LogP contribution < -0.4 is 11.5 Å². The van der Waals surface area contributed by atoms with E-state index < -0.39 is 0 Å². The monoisotopic (exact) mass is 286 g/mol. The van der Waals surface area contributed by atoms with E-state index in [0.717, 1.165) is 25.9 Å². The first-order chi connectivity index (χ1) is 10.3. The third-order valence-electron chi connectivity index (χ3n) is 2.55. The Morgan fingerprint density at radius 2 is 0.952 bits per heavy atom. The van der Waals surface area contributed by atoms with Crippen molar-refractivity contribution in [2.24, 2.45) is 11.5 Å². The van der Waals surface area contributed by atoms with Crippen molar-refractivity contribution in [3.63, 3.8) is 0 Å². The average Bonchev–Trinajstić information content (AvgIpc) is 2.52. The Morgan fingerprint density at radius 1 is 0.667 bits per heavy atom. The molecule has 0 aromatic heterocycles. The Morgan fingerprint density at radius 3 is 1.19 bits per heavy atom. The van der Waals surface area contributed by atoms with E-state index in [1.165, 1.54) is 11.1 Å². The van der Waals surface area contributed by atoms with Crippen molar-refractivity contribution >= 4 is 6.15 Å². The van der Waals surface area contributed by atoms with Gasteiger partial charge < -0.3 is 11.5 Å². The zero-order chi connectivity index (χ0) is 15.8. The van der Waals surface area contributed by atoms with Crippen molar-refractivity contribution in [3.8, 4) is 0 Å². The molecule has 2 aromatic rings. The van der Waals surface area contributed by atoms with Gasteiger partial charge in [-0.05, 0) is 37.1 Å². The maximum Gasteiger partial charge on any atom is 0.373 e. The molecule has 0 unspecified atom stereocenters. The Bertz CT molecular complexity index is 439. The third-order valence-corrected chi connectivity index (χ3v) is 2.55. The lowest BCUT2D eigenvalue weighted by molar-refractivity contribution is -0.191. The molecule has 4 heteroatoms. The SMILES string of the molecule is NCCc1ccccc1.NCCc1ccccc1.O=C=O. The molecule has 112 valence electrons. The highest BCUT2D eigenvalue weighted by molar-refractivity contribution is 5.20. The molecule has 0 bridgehead atoms. The van der Waals surface area contributed by atoms with Gasteiger partial charge in [0.25, 0.3) is 0 Å². The molecule has 0 atom stereocenters. The van der Waals surface area contributed by atoms with Crippen molar-refractivity contribution < 1.29 is 9.59 Å². The molecule has 2 rings (SSSR count). The van der Waals surface area contributed by atoms with E-state index in [0.29, 0.717) is 0 Å². The fourth-order valence-corrected chi connectivity index (χ4v) is 1.62. The van der Waals surface area contributed by atoms with Crippen LogP contribution in [0.15, 0.2) is 60.7 Å². The first kappa shape index (κ1) is 18.7. The van der Waals surface area contributed by atoms with E-state index in [-0.39, 0.29) is 6.15 Å². The summed E-state index contributed by atoms with van der Waals surface area (Å²) in [6.07, 6.45) is 2.22. The lowest BCUT2D eigenvalue weighted by Gasteiger charge is -1.93. The average molecular weight is 286 g/mol. The van der Waals surface area contributed by atoms with Crippen LogP contribution in [0.1, 0.15) is 11.1 Å². The normalized spacial score (nSPS) is 8.48. The highest BCUT2D eigenvalue weighted by atomic mass is 16.2. The lowest BCUT2D eigenvalue weighted by Crippen LogP contribution is -2.01. The molecule has 4 nitrogen and oxygen atoms in total. The van der Waals surface area contributed by atoms with Gasteiger partial charge in [0.2, 0.25) is 0 Å². The minimum absolute atomic E-state index is 0.250. The summed E-state index contributed by atoms with van der Waals surface area (Å²) in [6.45, 7) is 1.48. The van der Waals surface area contributed by atoms with E-state index >= 15 is 0 Å². The number of nitrogens with two attached hydrogens (primary N) is 2. The predicted octanol–water partition coefficient (Wildman–Crippen LogP) is 1.79. The molecule has 0 aliphatic carbocycles. The van der Waals surface area contributed by atoms with E-state index in [1.807, 2.05) is 36.4 Å². The van der Waals surface area contributed by atoms with E-state index in [9.17, 15) is 0 Å². The van der Waals surface area contributed by atoms with Gasteiger partial charge in [-0.1, -0.05) is 60.7 Å². The van der Waals surface area contributed by atoms with E-state index in [4.69, 9.17) is 21.1 Å². The van der Waals surface area contributed by atoms with Crippen molar-refractivity contribution in [3.05, 3.63) is 71.8 Å². The molecular formula is C17H22N2O2. The summed E-state index contributed by atoms with van der Waals surface area (Å²) in [5.41, 5.74) is 13.4. The van der Waals surface area contributed by atoms with Gasteiger partial charge in [0.1, 0.15) is 0 Å². The van der Waals surface area contributed by atoms with Crippen LogP contribution in [0.4, 0.5) is 0 Å². The zero-order valence-electron chi connectivity index (χ0n) is 12.1. The van der Waals surface area contributed by atoms with Gasteiger partial charge in [0, 0.05) is 0 Å². The van der Waals surface area contributed by atoms with Crippen molar-refractivity contribution in [2.45, 2.75) is 12.8 Å². The summed E-state index contributed by atoms with van der Waals surface area (Å²) < 4.78 is 0. The van der Waals surface area contributed by atoms with Crippen LogP contribution in [0.25, 0.3) is 0 Å². The van der Waals surface area contributed by atoms with Crippen LogP contribution >= 0.6 is 0 Å². The van der Waals surface area contributed by atoms with Crippen LogP contribution in [0.3, 0.4) is 0 Å². The van der Waals surface area contributed by atoms with Crippen molar-refractivity contribution in [2.75, 3.05) is 13.1 Å². The smallest absolute Gasteiger partial charge is 0.330 e. The Labute approximate surface area is 125 Å². The predicted molar refractivity (Wildman–Crippen MR) is 83.4 cm³/mol. The lowest BCUT2D eigenvalue weighted by atomic mass is 10.2. The highest BCUT2D eigenvalue weighted by Crippen LogP contribution is 1.97. The third kappa shape index (κ3) is 11.3. The van der Waals surface area contributed by atoms with Gasteiger partial charge in [-0.15, -0.1) is 0 Å². The topological polar surface area (TPSA) is 86.2 Å². The summed E-state index contributed by atoms with van der Waals surface area (Å²) in [5, 5.41) is 0. The fraction of sp³-hybridized carbons (Fsp3) is 0.235. The molecule has 0 spiro atoms. The maximum atomic E-state index is 8.12. The molecule has 0 amide bonds. The summed E-state index contributed by atoms with van der Waals surface area (Å²) in [7, 11) is 0. The maximum absolute atomic E-state index is 8.12. The van der Waals surface area contributed by atoms with Crippen LogP contribution in [-0.4, -0.2) is 19.2 Å². The second-order valence-corrected chi connectivity index (χ2v) is 4.13. The molecule has 2 aromatic carbocycles. The molecular weight excluding hydrogens is 264 g/mol. The van der Waals surface area contributed by atoms with Gasteiger partial charge in [-0.2, -0.15) is 9.59 Å². The largest absolute Gasteiger partial charge is 0.373 e. The molecule has 21 heavy (non-hydrogen) atoms. The zero-order valence-corrected chi connectivity index (χ0v) is 12.1. The van der Waals surface area contributed by atoms with Gasteiger partial charge in [-0.3, -0.25) is 0 Å². The van der Waals surface area contributed by atoms with Crippen LogP contribution in [0.2, 0.25) is 0 Å². The van der Waals surface area contributed by atoms with Crippen LogP contribution in [0, 0.1) is 0 Å². The summed E-state index contributed by atoms with van der Waals surface area (Å²) in [5.74, 6) is 0. The van der Waals surface area contributed by atoms with Gasteiger partial charge in [-0.25, -0.2) is 0 Å². The van der Waals surface area contributed by atoms with Gasteiger partial charge in [0.05, 0.1) is 0 Å².